The highest BCUT2D eigenvalue weighted by Gasteiger charge is 2.17. The molecule has 76 valence electrons. The molecule has 0 aliphatic carbocycles. The minimum absolute atomic E-state index is 0.103. The fourth-order valence-electron chi connectivity index (χ4n) is 0.912. The number of hydrogen-bond acceptors (Lipinski definition) is 3. The van der Waals surface area contributed by atoms with Crippen molar-refractivity contribution in [3.05, 3.63) is 20.9 Å². The molecule has 1 rings (SSSR count). The lowest BCUT2D eigenvalue weighted by atomic mass is 10.2. The molecule has 0 N–H and O–H groups in total. The lowest BCUT2D eigenvalue weighted by molar-refractivity contribution is 0.110. The third kappa shape index (κ3) is 2.17. The number of nitrogens with zero attached hydrogens (tertiary/aromatic N) is 1. The first-order chi connectivity index (χ1) is 6.60. The maximum Gasteiger partial charge on any atom is 0.281 e. The fraction of sp³-hybridized carbons (Fsp3) is 0.250. The van der Waals surface area contributed by atoms with Crippen molar-refractivity contribution < 1.29 is 18.3 Å². The zero-order valence-corrected chi connectivity index (χ0v) is 9.29. The van der Waals surface area contributed by atoms with Crippen molar-refractivity contribution in [2.24, 2.45) is 0 Å². The third-order valence-electron chi connectivity index (χ3n) is 1.53. The highest BCUT2D eigenvalue weighted by Crippen LogP contribution is 2.26. The summed E-state index contributed by atoms with van der Waals surface area (Å²) in [6.07, 6.45) is -2.42. The largest absolute Gasteiger partial charge is 0.480 e. The van der Waals surface area contributed by atoms with Crippen LogP contribution < -0.4 is 4.74 Å². The summed E-state index contributed by atoms with van der Waals surface area (Å²) < 4.78 is 30.1. The normalized spacial score (nSPS) is 10.4. The van der Waals surface area contributed by atoms with E-state index in [2.05, 4.69) is 4.98 Å². The van der Waals surface area contributed by atoms with Gasteiger partial charge in [-0.25, -0.2) is 13.8 Å². The topological polar surface area (TPSA) is 39.2 Å². The van der Waals surface area contributed by atoms with Crippen molar-refractivity contribution in [1.29, 1.82) is 0 Å². The fourth-order valence-corrected chi connectivity index (χ4v) is 1.59. The van der Waals surface area contributed by atoms with Gasteiger partial charge in [0, 0.05) is 5.56 Å². The first kappa shape index (κ1) is 11.3. The second-order valence-corrected chi connectivity index (χ2v) is 3.53. The second kappa shape index (κ2) is 4.63. The second-order valence-electron chi connectivity index (χ2n) is 2.37. The van der Waals surface area contributed by atoms with E-state index in [9.17, 15) is 13.6 Å². The van der Waals surface area contributed by atoms with Gasteiger partial charge < -0.3 is 4.74 Å². The van der Waals surface area contributed by atoms with Crippen LogP contribution in [0.15, 0.2) is 6.07 Å². The molecule has 1 aromatic rings. The summed E-state index contributed by atoms with van der Waals surface area (Å²) in [6, 6.07) is 1.32. The summed E-state index contributed by atoms with van der Waals surface area (Å²) in [5, 5.41) is 0. The van der Waals surface area contributed by atoms with Crippen LogP contribution in [0.5, 0.6) is 5.88 Å². The minimum atomic E-state index is -2.78. The predicted octanol–water partition coefficient (Wildman–Crippen LogP) is 2.44. The Morgan fingerprint density at radius 2 is 2.29 bits per heavy atom. The van der Waals surface area contributed by atoms with Crippen molar-refractivity contribution >= 4 is 28.9 Å². The molecule has 0 amide bonds. The van der Waals surface area contributed by atoms with Crippen LogP contribution >= 0.6 is 22.6 Å². The molecule has 0 saturated carbocycles. The van der Waals surface area contributed by atoms with E-state index < -0.39 is 12.1 Å². The number of halogens is 3. The van der Waals surface area contributed by atoms with E-state index in [1.807, 2.05) is 22.6 Å². The summed E-state index contributed by atoms with van der Waals surface area (Å²) in [7, 11) is 1.33. The highest BCUT2D eigenvalue weighted by molar-refractivity contribution is 14.1. The molecule has 0 saturated heterocycles. The van der Waals surface area contributed by atoms with E-state index in [0.717, 1.165) is 0 Å². The van der Waals surface area contributed by atoms with Gasteiger partial charge in [0.1, 0.15) is 5.69 Å². The summed E-state index contributed by atoms with van der Waals surface area (Å²) in [6.45, 7) is 0. The lowest BCUT2D eigenvalue weighted by Gasteiger charge is -2.07. The number of carbonyl (C=O) groups is 1. The Bertz CT molecular complexity index is 357. The van der Waals surface area contributed by atoms with Gasteiger partial charge in [0.2, 0.25) is 5.88 Å². The predicted molar refractivity (Wildman–Crippen MR) is 53.9 cm³/mol. The summed E-state index contributed by atoms with van der Waals surface area (Å²) in [5.74, 6) is 0.103. The molecule has 3 nitrogen and oxygen atoms in total. The van der Waals surface area contributed by atoms with Gasteiger partial charge in [0.05, 0.1) is 10.7 Å². The quantitative estimate of drug-likeness (QED) is 0.635. The molecule has 0 bridgehead atoms. The number of aromatic nitrogens is 1. The van der Waals surface area contributed by atoms with Crippen LogP contribution in [0.3, 0.4) is 0 Å². The first-order valence-corrected chi connectivity index (χ1v) is 4.65. The Labute approximate surface area is 92.6 Å². The maximum atomic E-state index is 12.4. The monoisotopic (exact) mass is 313 g/mol. The Hall–Kier alpha value is -0.790. The van der Waals surface area contributed by atoms with Gasteiger partial charge in [0.15, 0.2) is 6.29 Å². The third-order valence-corrected chi connectivity index (χ3v) is 2.30. The maximum absolute atomic E-state index is 12.4. The molecule has 1 aromatic heterocycles. The Morgan fingerprint density at radius 1 is 1.64 bits per heavy atom. The van der Waals surface area contributed by atoms with Crippen molar-refractivity contribution in [1.82, 2.24) is 4.98 Å². The number of alkyl halides is 2. The molecular formula is C8H6F2INO2. The van der Waals surface area contributed by atoms with Crippen LogP contribution in [0.1, 0.15) is 22.5 Å². The molecule has 14 heavy (non-hydrogen) atoms. The van der Waals surface area contributed by atoms with E-state index in [0.29, 0.717) is 9.86 Å². The van der Waals surface area contributed by atoms with Gasteiger partial charge >= 0.3 is 0 Å². The van der Waals surface area contributed by atoms with Crippen molar-refractivity contribution in [3.63, 3.8) is 0 Å². The molecule has 0 unspecified atom stereocenters. The standard InChI is InChI=1S/C8H6F2INO2/c1-14-8-5(11)2-4(3-13)6(12-8)7(9)10/h2-3,7H,1H3. The molecule has 0 atom stereocenters. The number of pyridine rings is 1. The zero-order chi connectivity index (χ0) is 10.7. The van der Waals surface area contributed by atoms with E-state index in [4.69, 9.17) is 4.74 Å². The molecule has 0 aromatic carbocycles. The number of ether oxygens (including phenoxy) is 1. The number of carbonyl (C=O) groups excluding carboxylic acids is 1. The van der Waals surface area contributed by atoms with Gasteiger partial charge in [-0.3, -0.25) is 4.79 Å². The van der Waals surface area contributed by atoms with E-state index in [1.165, 1.54) is 13.2 Å². The zero-order valence-electron chi connectivity index (χ0n) is 7.13. The molecule has 0 aliphatic heterocycles. The summed E-state index contributed by atoms with van der Waals surface area (Å²) >= 11 is 1.86. The van der Waals surface area contributed by atoms with Gasteiger partial charge in [-0.1, -0.05) is 0 Å². The number of hydrogen-bond donors (Lipinski definition) is 0. The van der Waals surface area contributed by atoms with Crippen LogP contribution in [-0.2, 0) is 0 Å². The van der Waals surface area contributed by atoms with Crippen LogP contribution in [0.4, 0.5) is 8.78 Å². The van der Waals surface area contributed by atoms with Gasteiger partial charge in [-0.05, 0) is 28.7 Å². The van der Waals surface area contributed by atoms with Crippen molar-refractivity contribution in [2.45, 2.75) is 6.43 Å². The smallest absolute Gasteiger partial charge is 0.281 e. The van der Waals surface area contributed by atoms with E-state index in [1.54, 1.807) is 0 Å². The minimum Gasteiger partial charge on any atom is -0.480 e. The van der Waals surface area contributed by atoms with Crippen LogP contribution in [-0.4, -0.2) is 18.4 Å². The average molecular weight is 313 g/mol. The van der Waals surface area contributed by atoms with Gasteiger partial charge in [0.25, 0.3) is 6.43 Å². The molecule has 0 spiro atoms. The average Bonchev–Trinajstić information content (AvgIpc) is 2.16. The SMILES string of the molecule is COc1nc(C(F)F)c(C=O)cc1I. The molecule has 0 aliphatic rings. The van der Waals surface area contributed by atoms with E-state index in [-0.39, 0.29) is 11.4 Å². The van der Waals surface area contributed by atoms with Crippen LogP contribution in [0.25, 0.3) is 0 Å². The molecular weight excluding hydrogens is 307 g/mol. The number of aldehydes is 1. The molecule has 0 radical (unpaired) electrons. The van der Waals surface area contributed by atoms with Gasteiger partial charge in [-0.2, -0.15) is 0 Å². The Kier molecular flexibility index (Phi) is 3.73. The lowest BCUT2D eigenvalue weighted by Crippen LogP contribution is -2.02. The summed E-state index contributed by atoms with van der Waals surface area (Å²) in [4.78, 5) is 14.0. The molecule has 6 heteroatoms. The Balaban J connectivity index is 3.32. The first-order valence-electron chi connectivity index (χ1n) is 3.58. The van der Waals surface area contributed by atoms with Crippen LogP contribution in [0, 0.1) is 3.57 Å². The van der Waals surface area contributed by atoms with Crippen molar-refractivity contribution in [3.8, 4) is 5.88 Å². The Morgan fingerprint density at radius 3 is 2.71 bits per heavy atom. The number of rotatable bonds is 3. The highest BCUT2D eigenvalue weighted by atomic mass is 127. The van der Waals surface area contributed by atoms with Crippen molar-refractivity contribution in [2.75, 3.05) is 7.11 Å². The number of methoxy groups -OCH3 is 1. The summed E-state index contributed by atoms with van der Waals surface area (Å²) in [5.41, 5.74) is -0.650. The van der Waals surface area contributed by atoms with E-state index >= 15 is 0 Å². The van der Waals surface area contributed by atoms with Crippen LogP contribution in [0.2, 0.25) is 0 Å². The molecule has 0 fully saturated rings. The molecule has 1 heterocycles. The van der Waals surface area contributed by atoms with Gasteiger partial charge in [-0.15, -0.1) is 0 Å².